The fourth-order valence-corrected chi connectivity index (χ4v) is 2.78. The highest BCUT2D eigenvalue weighted by molar-refractivity contribution is 6.14. The Labute approximate surface area is 124 Å². The molecule has 0 atom stereocenters. The van der Waals surface area contributed by atoms with Crippen molar-refractivity contribution in [1.29, 1.82) is 0 Å². The first-order chi connectivity index (χ1) is 10.3. The number of hydrogen-bond donors (Lipinski definition) is 1. The van der Waals surface area contributed by atoms with Crippen LogP contribution < -0.4 is 0 Å². The first-order valence-electron chi connectivity index (χ1n) is 7.36. The quantitative estimate of drug-likeness (QED) is 0.313. The van der Waals surface area contributed by atoms with Crippen LogP contribution in [0.4, 0.5) is 0 Å². The molecule has 0 bridgehead atoms. The highest BCUT2D eigenvalue weighted by atomic mass is 16.3. The molecular weight excluding hydrogens is 256 g/mol. The lowest BCUT2D eigenvalue weighted by Gasteiger charge is -2.07. The molecule has 4 aromatic rings. The molecule has 104 valence electrons. The van der Waals surface area contributed by atoms with Crippen LogP contribution in [0.2, 0.25) is 0 Å². The standard InChI is InChI=1S/C18H12O.C2H6/c19-17-7-3-6-12-8-9-15-10-13-4-1-2-5-14(13)11-16(15)18(12)17;1-2/h1-11,19H;1-2H3. The van der Waals surface area contributed by atoms with E-state index in [1.807, 2.05) is 38.1 Å². The Morgan fingerprint density at radius 3 is 2.00 bits per heavy atom. The second kappa shape index (κ2) is 5.45. The van der Waals surface area contributed by atoms with Gasteiger partial charge >= 0.3 is 0 Å². The fourth-order valence-electron chi connectivity index (χ4n) is 2.78. The molecule has 0 aromatic heterocycles. The van der Waals surface area contributed by atoms with Crippen LogP contribution in [0.5, 0.6) is 5.75 Å². The predicted octanol–water partition coefficient (Wildman–Crippen LogP) is 5.88. The minimum atomic E-state index is 0.346. The lowest BCUT2D eigenvalue weighted by Crippen LogP contribution is -1.80. The molecule has 0 aliphatic carbocycles. The molecule has 0 saturated carbocycles. The van der Waals surface area contributed by atoms with Gasteiger partial charge in [0.05, 0.1) is 0 Å². The molecule has 0 unspecified atom stereocenters. The molecule has 0 fully saturated rings. The molecule has 1 nitrogen and oxygen atoms in total. The van der Waals surface area contributed by atoms with Crippen molar-refractivity contribution >= 4 is 32.3 Å². The number of phenolic OH excluding ortho intramolecular Hbond substituents is 1. The van der Waals surface area contributed by atoms with E-state index in [0.29, 0.717) is 5.75 Å². The van der Waals surface area contributed by atoms with Crippen molar-refractivity contribution in [3.63, 3.8) is 0 Å². The maximum absolute atomic E-state index is 10.1. The van der Waals surface area contributed by atoms with Gasteiger partial charge in [-0.15, -0.1) is 0 Å². The number of phenols is 1. The van der Waals surface area contributed by atoms with Crippen molar-refractivity contribution in [1.82, 2.24) is 0 Å². The van der Waals surface area contributed by atoms with E-state index in [1.54, 1.807) is 6.07 Å². The van der Waals surface area contributed by atoms with Gasteiger partial charge < -0.3 is 5.11 Å². The van der Waals surface area contributed by atoms with Gasteiger partial charge in [0, 0.05) is 5.39 Å². The van der Waals surface area contributed by atoms with Gasteiger partial charge in [-0.25, -0.2) is 0 Å². The third-order valence-electron chi connectivity index (χ3n) is 3.70. The summed E-state index contributed by atoms with van der Waals surface area (Å²) in [5.41, 5.74) is 0. The van der Waals surface area contributed by atoms with E-state index in [0.717, 1.165) is 21.5 Å². The van der Waals surface area contributed by atoms with Crippen molar-refractivity contribution in [2.75, 3.05) is 0 Å². The summed E-state index contributed by atoms with van der Waals surface area (Å²) in [6.45, 7) is 4.00. The largest absolute Gasteiger partial charge is 0.507 e. The SMILES string of the molecule is CC.Oc1cccc2ccc3cc4ccccc4cc3c12. The summed E-state index contributed by atoms with van der Waals surface area (Å²) in [5.74, 6) is 0.346. The molecule has 21 heavy (non-hydrogen) atoms. The van der Waals surface area contributed by atoms with Crippen LogP contribution in [-0.2, 0) is 0 Å². The minimum Gasteiger partial charge on any atom is -0.507 e. The third kappa shape index (κ3) is 2.21. The second-order valence-electron chi connectivity index (χ2n) is 4.86. The molecule has 4 rings (SSSR count). The topological polar surface area (TPSA) is 20.2 Å². The van der Waals surface area contributed by atoms with E-state index in [-0.39, 0.29) is 0 Å². The smallest absolute Gasteiger partial charge is 0.124 e. The van der Waals surface area contributed by atoms with E-state index in [9.17, 15) is 5.11 Å². The Hall–Kier alpha value is -2.54. The summed E-state index contributed by atoms with van der Waals surface area (Å²) in [6, 6.07) is 22.5. The number of rotatable bonds is 0. The average Bonchev–Trinajstić information content (AvgIpc) is 2.55. The van der Waals surface area contributed by atoms with Crippen molar-refractivity contribution in [3.05, 3.63) is 66.7 Å². The molecule has 0 spiro atoms. The molecule has 0 radical (unpaired) electrons. The van der Waals surface area contributed by atoms with E-state index in [2.05, 4.69) is 36.4 Å². The Balaban J connectivity index is 0.000000636. The maximum Gasteiger partial charge on any atom is 0.124 e. The molecule has 1 heteroatoms. The molecule has 0 heterocycles. The lowest BCUT2D eigenvalue weighted by atomic mass is 9.98. The Morgan fingerprint density at radius 1 is 0.619 bits per heavy atom. The zero-order chi connectivity index (χ0) is 14.8. The first-order valence-corrected chi connectivity index (χ1v) is 7.36. The summed E-state index contributed by atoms with van der Waals surface area (Å²) < 4.78 is 0. The molecule has 1 N–H and O–H groups in total. The zero-order valence-electron chi connectivity index (χ0n) is 12.3. The molecule has 0 amide bonds. The Kier molecular flexibility index (Phi) is 3.49. The molecule has 4 aromatic carbocycles. The monoisotopic (exact) mass is 274 g/mol. The van der Waals surface area contributed by atoms with Gasteiger partial charge in [0.2, 0.25) is 0 Å². The molecule has 0 aliphatic rings. The van der Waals surface area contributed by atoms with E-state index >= 15 is 0 Å². The van der Waals surface area contributed by atoms with E-state index in [1.165, 1.54) is 10.8 Å². The van der Waals surface area contributed by atoms with Crippen molar-refractivity contribution < 1.29 is 5.11 Å². The van der Waals surface area contributed by atoms with Crippen LogP contribution in [-0.4, -0.2) is 5.11 Å². The lowest BCUT2D eigenvalue weighted by molar-refractivity contribution is 0.482. The number of benzene rings is 4. The van der Waals surface area contributed by atoms with Crippen molar-refractivity contribution in [2.45, 2.75) is 13.8 Å². The summed E-state index contributed by atoms with van der Waals surface area (Å²) in [6.07, 6.45) is 0. The van der Waals surface area contributed by atoms with Gasteiger partial charge in [-0.1, -0.05) is 62.4 Å². The number of hydrogen-bond acceptors (Lipinski definition) is 1. The minimum absolute atomic E-state index is 0.346. The number of fused-ring (bicyclic) bond motifs is 4. The maximum atomic E-state index is 10.1. The van der Waals surface area contributed by atoms with Crippen LogP contribution in [0.3, 0.4) is 0 Å². The van der Waals surface area contributed by atoms with Crippen LogP contribution in [0.1, 0.15) is 13.8 Å². The van der Waals surface area contributed by atoms with Crippen LogP contribution >= 0.6 is 0 Å². The van der Waals surface area contributed by atoms with E-state index in [4.69, 9.17) is 0 Å². The van der Waals surface area contributed by atoms with E-state index < -0.39 is 0 Å². The predicted molar refractivity (Wildman–Crippen MR) is 92.0 cm³/mol. The summed E-state index contributed by atoms with van der Waals surface area (Å²) in [5, 5.41) is 16.8. The summed E-state index contributed by atoms with van der Waals surface area (Å²) in [4.78, 5) is 0. The van der Waals surface area contributed by atoms with Crippen LogP contribution in [0.15, 0.2) is 66.7 Å². The Bertz CT molecular complexity index is 923. The number of aromatic hydroxyl groups is 1. The van der Waals surface area contributed by atoms with Gasteiger partial charge in [-0.2, -0.15) is 0 Å². The van der Waals surface area contributed by atoms with Gasteiger partial charge in [0.25, 0.3) is 0 Å². The van der Waals surface area contributed by atoms with Crippen LogP contribution in [0.25, 0.3) is 32.3 Å². The van der Waals surface area contributed by atoms with Gasteiger partial charge in [-0.3, -0.25) is 0 Å². The Morgan fingerprint density at radius 2 is 1.24 bits per heavy atom. The highest BCUT2D eigenvalue weighted by Crippen LogP contribution is 2.34. The zero-order valence-corrected chi connectivity index (χ0v) is 12.3. The first kappa shape index (κ1) is 13.4. The fraction of sp³-hybridized carbons (Fsp3) is 0.100. The summed E-state index contributed by atoms with van der Waals surface area (Å²) >= 11 is 0. The van der Waals surface area contributed by atoms with Gasteiger partial charge in [-0.05, 0) is 45.1 Å². The van der Waals surface area contributed by atoms with Gasteiger partial charge in [0.15, 0.2) is 0 Å². The van der Waals surface area contributed by atoms with Gasteiger partial charge in [0.1, 0.15) is 5.75 Å². The highest BCUT2D eigenvalue weighted by Gasteiger charge is 2.05. The molecular formula is C20H18O. The van der Waals surface area contributed by atoms with Crippen molar-refractivity contribution in [2.24, 2.45) is 0 Å². The molecule has 0 saturated heterocycles. The normalized spacial score (nSPS) is 10.6. The average molecular weight is 274 g/mol. The summed E-state index contributed by atoms with van der Waals surface area (Å²) in [7, 11) is 0. The van der Waals surface area contributed by atoms with Crippen LogP contribution in [0, 0.1) is 0 Å². The third-order valence-corrected chi connectivity index (χ3v) is 3.70. The second-order valence-corrected chi connectivity index (χ2v) is 4.86. The van der Waals surface area contributed by atoms with Crippen molar-refractivity contribution in [3.8, 4) is 5.75 Å². The molecule has 0 aliphatic heterocycles.